The molecule has 0 aliphatic carbocycles. The molecule has 2 atom stereocenters. The Kier molecular flexibility index (Phi) is 3.80. The Labute approximate surface area is 157 Å². The highest BCUT2D eigenvalue weighted by Crippen LogP contribution is 2.49. The molecule has 2 aromatic rings. The van der Waals surface area contributed by atoms with Crippen LogP contribution >= 0.6 is 15.9 Å². The van der Waals surface area contributed by atoms with E-state index in [0.29, 0.717) is 22.7 Å². The number of rotatable bonds is 3. The molecular formula is C18H14BrN3O4. The Balaban J connectivity index is 1.82. The number of amides is 1. The number of ether oxygens (including phenoxy) is 1. The molecule has 26 heavy (non-hydrogen) atoms. The number of carbonyl (C=O) groups is 1. The van der Waals surface area contributed by atoms with Crippen LogP contribution in [0.4, 0.5) is 5.69 Å². The molecule has 8 heteroatoms. The molecule has 7 nitrogen and oxygen atoms in total. The van der Waals surface area contributed by atoms with Gasteiger partial charge in [-0.15, -0.1) is 0 Å². The van der Waals surface area contributed by atoms with E-state index in [4.69, 9.17) is 4.74 Å². The zero-order valence-corrected chi connectivity index (χ0v) is 15.3. The van der Waals surface area contributed by atoms with Gasteiger partial charge in [0.15, 0.2) is 0 Å². The number of nitro groups is 1. The van der Waals surface area contributed by atoms with Crippen LogP contribution in [-0.4, -0.2) is 28.7 Å². The standard InChI is InChI=1S/C18H14BrN3O4/c1-11-18(17(23)22(20-11)13-6-4-5-12(19)9-13)15(10-21(24)25)14-7-2-3-8-16(14)26-18/h2-9,15H,10H2,1H3/t15-,18+/m0/s1. The first kappa shape index (κ1) is 16.7. The summed E-state index contributed by atoms with van der Waals surface area (Å²) in [7, 11) is 0. The Morgan fingerprint density at radius 3 is 2.81 bits per heavy atom. The first-order valence-corrected chi connectivity index (χ1v) is 8.78. The Bertz CT molecular complexity index is 961. The molecule has 1 spiro atoms. The van der Waals surface area contributed by atoms with Crippen molar-refractivity contribution in [3.8, 4) is 5.75 Å². The largest absolute Gasteiger partial charge is 0.470 e. The van der Waals surface area contributed by atoms with Gasteiger partial charge in [0.2, 0.25) is 12.1 Å². The zero-order valence-electron chi connectivity index (χ0n) is 13.8. The predicted molar refractivity (Wildman–Crippen MR) is 99.1 cm³/mol. The minimum Gasteiger partial charge on any atom is -0.470 e. The van der Waals surface area contributed by atoms with Gasteiger partial charge in [0.1, 0.15) is 11.7 Å². The summed E-state index contributed by atoms with van der Waals surface area (Å²) in [5, 5.41) is 16.9. The molecule has 132 valence electrons. The van der Waals surface area contributed by atoms with Gasteiger partial charge < -0.3 is 4.74 Å². The van der Waals surface area contributed by atoms with Gasteiger partial charge in [0.25, 0.3) is 5.91 Å². The third kappa shape index (κ3) is 2.33. The minimum absolute atomic E-state index is 0.408. The first-order valence-electron chi connectivity index (χ1n) is 7.99. The van der Waals surface area contributed by atoms with Crippen LogP contribution in [0.1, 0.15) is 18.4 Å². The second-order valence-corrected chi connectivity index (χ2v) is 7.14. The molecular weight excluding hydrogens is 402 g/mol. The highest BCUT2D eigenvalue weighted by atomic mass is 79.9. The lowest BCUT2D eigenvalue weighted by molar-refractivity contribution is -0.484. The van der Waals surface area contributed by atoms with Gasteiger partial charge in [-0.1, -0.05) is 40.2 Å². The fraction of sp³-hybridized carbons (Fsp3) is 0.222. The third-order valence-corrected chi connectivity index (χ3v) is 5.23. The third-order valence-electron chi connectivity index (χ3n) is 4.74. The van der Waals surface area contributed by atoms with Crippen molar-refractivity contribution in [1.82, 2.24) is 0 Å². The molecule has 0 saturated carbocycles. The first-order chi connectivity index (χ1) is 12.4. The van der Waals surface area contributed by atoms with E-state index in [-0.39, 0.29) is 0 Å². The quantitative estimate of drug-likeness (QED) is 0.567. The fourth-order valence-corrected chi connectivity index (χ4v) is 3.97. The lowest BCUT2D eigenvalue weighted by Gasteiger charge is -2.27. The van der Waals surface area contributed by atoms with Crippen molar-refractivity contribution >= 4 is 33.2 Å². The van der Waals surface area contributed by atoms with Crippen molar-refractivity contribution in [3.05, 3.63) is 68.7 Å². The Hall–Kier alpha value is -2.74. The predicted octanol–water partition coefficient (Wildman–Crippen LogP) is 3.36. The summed E-state index contributed by atoms with van der Waals surface area (Å²) in [6.45, 7) is 1.26. The molecule has 2 aliphatic heterocycles. The van der Waals surface area contributed by atoms with Gasteiger partial charge in [0, 0.05) is 15.0 Å². The summed E-state index contributed by atoms with van der Waals surface area (Å²) in [5.74, 6) is -0.670. The molecule has 0 N–H and O–H groups in total. The summed E-state index contributed by atoms with van der Waals surface area (Å²) in [6, 6.07) is 14.2. The fourth-order valence-electron chi connectivity index (χ4n) is 3.58. The van der Waals surface area contributed by atoms with Gasteiger partial charge in [-0.2, -0.15) is 10.1 Å². The van der Waals surface area contributed by atoms with Crippen molar-refractivity contribution in [2.24, 2.45) is 5.10 Å². The molecule has 4 rings (SSSR count). The number of benzene rings is 2. The number of nitrogens with zero attached hydrogens (tertiary/aromatic N) is 3. The normalized spacial score (nSPS) is 23.8. The molecule has 0 bridgehead atoms. The van der Waals surface area contributed by atoms with Gasteiger partial charge in [-0.05, 0) is 31.2 Å². The molecule has 2 heterocycles. The molecule has 0 saturated heterocycles. The number of anilines is 1. The summed E-state index contributed by atoms with van der Waals surface area (Å²) < 4.78 is 6.84. The summed E-state index contributed by atoms with van der Waals surface area (Å²) in [6.07, 6.45) is 0. The highest BCUT2D eigenvalue weighted by Gasteiger charge is 2.63. The Morgan fingerprint density at radius 1 is 1.31 bits per heavy atom. The maximum absolute atomic E-state index is 13.4. The van der Waals surface area contributed by atoms with Crippen LogP contribution < -0.4 is 9.75 Å². The number of fused-ring (bicyclic) bond motifs is 1. The number of hydrogen-bond donors (Lipinski definition) is 0. The molecule has 0 radical (unpaired) electrons. The highest BCUT2D eigenvalue weighted by molar-refractivity contribution is 9.10. The maximum atomic E-state index is 13.4. The molecule has 0 aromatic heterocycles. The van der Waals surface area contributed by atoms with E-state index >= 15 is 0 Å². The SMILES string of the molecule is CC1=NN(c2cccc(Br)c2)C(=O)[C@@]12Oc1ccccc1[C@@H]2C[N+](=O)[O-]. The average Bonchev–Trinajstić information content (AvgIpc) is 3.06. The molecule has 2 aliphatic rings. The van der Waals surface area contributed by atoms with Crippen LogP contribution in [0.5, 0.6) is 5.75 Å². The van der Waals surface area contributed by atoms with Crippen molar-refractivity contribution < 1.29 is 14.5 Å². The van der Waals surface area contributed by atoms with Crippen molar-refractivity contribution in [2.45, 2.75) is 18.4 Å². The van der Waals surface area contributed by atoms with E-state index in [1.807, 2.05) is 6.07 Å². The Morgan fingerprint density at radius 2 is 2.08 bits per heavy atom. The lowest BCUT2D eigenvalue weighted by Crippen LogP contribution is -2.54. The van der Waals surface area contributed by atoms with Crippen LogP contribution in [0, 0.1) is 10.1 Å². The van der Waals surface area contributed by atoms with Crippen molar-refractivity contribution in [2.75, 3.05) is 11.6 Å². The number of carbonyl (C=O) groups excluding carboxylic acids is 1. The van der Waals surface area contributed by atoms with Gasteiger partial charge in [-0.3, -0.25) is 14.9 Å². The van der Waals surface area contributed by atoms with Gasteiger partial charge in [-0.25, -0.2) is 0 Å². The number of hydrogen-bond acceptors (Lipinski definition) is 5. The topological polar surface area (TPSA) is 85.0 Å². The van der Waals surface area contributed by atoms with Gasteiger partial charge in [0.05, 0.1) is 11.4 Å². The maximum Gasteiger partial charge on any atom is 0.298 e. The van der Waals surface area contributed by atoms with E-state index in [1.54, 1.807) is 49.4 Å². The number of para-hydroxylation sites is 1. The van der Waals surface area contributed by atoms with Crippen molar-refractivity contribution in [3.63, 3.8) is 0 Å². The smallest absolute Gasteiger partial charge is 0.298 e. The van der Waals surface area contributed by atoms with E-state index < -0.39 is 28.9 Å². The lowest BCUT2D eigenvalue weighted by atomic mass is 9.81. The van der Waals surface area contributed by atoms with Crippen LogP contribution in [0.25, 0.3) is 0 Å². The van der Waals surface area contributed by atoms with E-state index in [1.165, 1.54) is 5.01 Å². The summed E-state index contributed by atoms with van der Waals surface area (Å²) in [4.78, 5) is 24.2. The summed E-state index contributed by atoms with van der Waals surface area (Å²) in [5.41, 5.74) is 0.146. The molecule has 0 fully saturated rings. The number of hydrazone groups is 1. The molecule has 0 unspecified atom stereocenters. The second-order valence-electron chi connectivity index (χ2n) is 6.23. The molecule has 2 aromatic carbocycles. The zero-order chi connectivity index (χ0) is 18.5. The van der Waals surface area contributed by atoms with Crippen molar-refractivity contribution in [1.29, 1.82) is 0 Å². The van der Waals surface area contributed by atoms with Gasteiger partial charge >= 0.3 is 0 Å². The molecule has 1 amide bonds. The number of halogens is 1. The van der Waals surface area contributed by atoms with E-state index in [2.05, 4.69) is 21.0 Å². The van der Waals surface area contributed by atoms with E-state index in [0.717, 1.165) is 4.47 Å². The van der Waals surface area contributed by atoms with E-state index in [9.17, 15) is 14.9 Å². The monoisotopic (exact) mass is 415 g/mol. The second kappa shape index (κ2) is 5.91. The average molecular weight is 416 g/mol. The van der Waals surface area contributed by atoms with Crippen LogP contribution in [0.3, 0.4) is 0 Å². The minimum atomic E-state index is -1.49. The van der Waals surface area contributed by atoms with Crippen LogP contribution in [0.15, 0.2) is 58.1 Å². The van der Waals surface area contributed by atoms with Crippen LogP contribution in [-0.2, 0) is 4.79 Å². The van der Waals surface area contributed by atoms with Crippen LogP contribution in [0.2, 0.25) is 0 Å². The summed E-state index contributed by atoms with van der Waals surface area (Å²) >= 11 is 3.38.